The average molecular weight is 350 g/mol. The number of carboxylic acids is 1. The first-order chi connectivity index (χ1) is 12.6. The Hall–Kier alpha value is -3.41. The molecule has 2 aromatic carbocycles. The van der Waals surface area contributed by atoms with E-state index in [-0.39, 0.29) is 11.3 Å². The van der Waals surface area contributed by atoms with Gasteiger partial charge in [-0.25, -0.2) is 4.79 Å². The molecule has 0 spiro atoms. The fourth-order valence-electron chi connectivity index (χ4n) is 2.98. The van der Waals surface area contributed by atoms with Crippen LogP contribution in [0.5, 0.6) is 5.75 Å². The van der Waals surface area contributed by atoms with E-state index in [9.17, 15) is 14.7 Å². The lowest BCUT2D eigenvalue weighted by molar-refractivity contribution is 0.0695. The molecule has 0 radical (unpaired) electrons. The Morgan fingerprint density at radius 3 is 2.38 bits per heavy atom. The maximum atomic E-state index is 12.6. The second-order valence-electron chi connectivity index (χ2n) is 5.58. The van der Waals surface area contributed by atoms with Crippen LogP contribution in [-0.4, -0.2) is 27.7 Å². The number of hydrogen-bond acceptors (Lipinski definition) is 4. The second-order valence-corrected chi connectivity index (χ2v) is 5.58. The number of ether oxygens (including phenoxy) is 1. The minimum absolute atomic E-state index is 0.288. The van der Waals surface area contributed by atoms with E-state index in [1.165, 1.54) is 7.11 Å². The van der Waals surface area contributed by atoms with Crippen molar-refractivity contribution in [3.05, 3.63) is 70.5 Å². The quantitative estimate of drug-likeness (QED) is 0.763. The first-order valence-electron chi connectivity index (χ1n) is 8.15. The number of hydrogen-bond donors (Lipinski definition) is 1. The molecule has 1 N–H and O–H groups in total. The van der Waals surface area contributed by atoms with E-state index >= 15 is 0 Å². The summed E-state index contributed by atoms with van der Waals surface area (Å²) in [5.74, 6) is -0.406. The van der Waals surface area contributed by atoms with Crippen LogP contribution in [0.3, 0.4) is 0 Å². The summed E-state index contributed by atoms with van der Waals surface area (Å²) in [7, 11) is 1.51. The number of aromatic carboxylic acids is 1. The highest BCUT2D eigenvalue weighted by atomic mass is 16.5. The molecule has 0 aliphatic carbocycles. The molecule has 6 nitrogen and oxygen atoms in total. The van der Waals surface area contributed by atoms with Crippen molar-refractivity contribution in [1.82, 2.24) is 9.55 Å². The molecule has 1 heterocycles. The van der Waals surface area contributed by atoms with Gasteiger partial charge < -0.3 is 14.4 Å². The molecule has 1 aromatic heterocycles. The number of rotatable bonds is 5. The smallest absolute Gasteiger partial charge is 0.343 e. The molecule has 0 bridgehead atoms. The normalized spacial score (nSPS) is 10.5. The summed E-state index contributed by atoms with van der Waals surface area (Å²) >= 11 is 0. The van der Waals surface area contributed by atoms with Crippen molar-refractivity contribution in [2.75, 3.05) is 7.11 Å². The molecular formula is C20H18N2O4. The van der Waals surface area contributed by atoms with Crippen LogP contribution in [0.25, 0.3) is 22.6 Å². The Balaban J connectivity index is 2.46. The van der Waals surface area contributed by atoms with E-state index in [1.54, 1.807) is 28.8 Å². The van der Waals surface area contributed by atoms with Crippen molar-refractivity contribution in [3.63, 3.8) is 0 Å². The molecular weight excluding hydrogens is 332 g/mol. The highest BCUT2D eigenvalue weighted by Crippen LogP contribution is 2.33. The Kier molecular flexibility index (Phi) is 4.84. The van der Waals surface area contributed by atoms with E-state index in [2.05, 4.69) is 4.98 Å². The van der Waals surface area contributed by atoms with Crippen LogP contribution in [-0.2, 0) is 6.54 Å². The molecule has 6 heteroatoms. The molecule has 132 valence electrons. The highest BCUT2D eigenvalue weighted by Gasteiger charge is 2.25. The van der Waals surface area contributed by atoms with E-state index in [1.807, 2.05) is 37.3 Å². The number of methoxy groups -OCH3 is 1. The summed E-state index contributed by atoms with van der Waals surface area (Å²) in [5.41, 5.74) is 0.416. The summed E-state index contributed by atoms with van der Waals surface area (Å²) in [5, 5.41) is 9.66. The van der Waals surface area contributed by atoms with Gasteiger partial charge in [0.15, 0.2) is 5.56 Å². The standard InChI is InChI=1S/C20H18N2O4/c1-3-22-17(14-11-7-8-12-15(14)26-2)16(20(24)25)19(23)21-18(22)13-9-5-4-6-10-13/h4-12H,3H2,1-2H3,(H,24,25). The van der Waals surface area contributed by atoms with Gasteiger partial charge in [0.1, 0.15) is 11.6 Å². The minimum atomic E-state index is -1.31. The van der Waals surface area contributed by atoms with Gasteiger partial charge in [0.25, 0.3) is 5.56 Å². The zero-order valence-corrected chi connectivity index (χ0v) is 14.5. The Bertz CT molecular complexity index is 1010. The van der Waals surface area contributed by atoms with Crippen LogP contribution in [0, 0.1) is 0 Å². The Labute approximate surface area is 150 Å². The maximum Gasteiger partial charge on any atom is 0.343 e. The Morgan fingerprint density at radius 2 is 1.77 bits per heavy atom. The van der Waals surface area contributed by atoms with Crippen LogP contribution in [0.4, 0.5) is 0 Å². The van der Waals surface area contributed by atoms with Crippen molar-refractivity contribution in [1.29, 1.82) is 0 Å². The predicted octanol–water partition coefficient (Wildman–Crippen LogP) is 3.30. The molecule has 0 fully saturated rings. The molecule has 0 saturated heterocycles. The number of benzene rings is 2. The van der Waals surface area contributed by atoms with E-state index in [0.717, 1.165) is 5.56 Å². The zero-order chi connectivity index (χ0) is 18.7. The largest absolute Gasteiger partial charge is 0.496 e. The van der Waals surface area contributed by atoms with Gasteiger partial charge >= 0.3 is 5.97 Å². The monoisotopic (exact) mass is 350 g/mol. The maximum absolute atomic E-state index is 12.6. The minimum Gasteiger partial charge on any atom is -0.496 e. The summed E-state index contributed by atoms with van der Waals surface area (Å²) in [6.45, 7) is 2.31. The van der Waals surface area contributed by atoms with Crippen LogP contribution in [0.2, 0.25) is 0 Å². The van der Waals surface area contributed by atoms with Crippen molar-refractivity contribution in [2.24, 2.45) is 0 Å². The molecule has 3 aromatic rings. The van der Waals surface area contributed by atoms with Crippen molar-refractivity contribution >= 4 is 5.97 Å². The number of nitrogens with zero attached hydrogens (tertiary/aromatic N) is 2. The van der Waals surface area contributed by atoms with Crippen molar-refractivity contribution in [3.8, 4) is 28.4 Å². The summed E-state index contributed by atoms with van der Waals surface area (Å²) in [4.78, 5) is 28.5. The first-order valence-corrected chi connectivity index (χ1v) is 8.15. The van der Waals surface area contributed by atoms with Gasteiger partial charge in [-0.2, -0.15) is 4.98 Å². The second kappa shape index (κ2) is 7.23. The average Bonchev–Trinajstić information content (AvgIpc) is 2.67. The molecule has 3 rings (SSSR count). The predicted molar refractivity (Wildman–Crippen MR) is 98.6 cm³/mol. The number of aromatic nitrogens is 2. The van der Waals surface area contributed by atoms with E-state index in [4.69, 9.17) is 4.74 Å². The third kappa shape index (κ3) is 2.97. The lowest BCUT2D eigenvalue weighted by Gasteiger charge is -2.20. The van der Waals surface area contributed by atoms with Crippen LogP contribution in [0.15, 0.2) is 59.4 Å². The number of carbonyl (C=O) groups is 1. The van der Waals surface area contributed by atoms with Gasteiger partial charge in [0, 0.05) is 17.7 Å². The fraction of sp³-hybridized carbons (Fsp3) is 0.150. The molecule has 0 aliphatic rings. The summed E-state index contributed by atoms with van der Waals surface area (Å²) in [6.07, 6.45) is 0. The number of carboxylic acid groups (broad SMARTS) is 1. The lowest BCUT2D eigenvalue weighted by atomic mass is 10.0. The number of para-hydroxylation sites is 1. The van der Waals surface area contributed by atoms with E-state index in [0.29, 0.717) is 23.7 Å². The molecule has 0 atom stereocenters. The molecule has 0 aliphatic heterocycles. The molecule has 0 unspecified atom stereocenters. The van der Waals surface area contributed by atoms with Crippen LogP contribution >= 0.6 is 0 Å². The fourth-order valence-corrected chi connectivity index (χ4v) is 2.98. The lowest BCUT2D eigenvalue weighted by Crippen LogP contribution is -2.25. The van der Waals surface area contributed by atoms with Gasteiger partial charge in [-0.1, -0.05) is 42.5 Å². The van der Waals surface area contributed by atoms with Gasteiger partial charge in [-0.05, 0) is 19.1 Å². The topological polar surface area (TPSA) is 81.4 Å². The van der Waals surface area contributed by atoms with Crippen molar-refractivity contribution < 1.29 is 14.6 Å². The Morgan fingerprint density at radius 1 is 1.12 bits per heavy atom. The van der Waals surface area contributed by atoms with Crippen LogP contribution < -0.4 is 10.3 Å². The van der Waals surface area contributed by atoms with Gasteiger partial charge in [-0.3, -0.25) is 4.79 Å². The summed E-state index contributed by atoms with van der Waals surface area (Å²) < 4.78 is 7.12. The van der Waals surface area contributed by atoms with Gasteiger partial charge in [-0.15, -0.1) is 0 Å². The SMILES string of the molecule is CCn1c(-c2ccccc2)nc(=O)c(C(=O)O)c1-c1ccccc1OC. The summed E-state index contributed by atoms with van der Waals surface area (Å²) in [6, 6.07) is 16.2. The highest BCUT2D eigenvalue weighted by molar-refractivity contribution is 5.96. The third-order valence-electron chi connectivity index (χ3n) is 4.11. The molecule has 0 amide bonds. The zero-order valence-electron chi connectivity index (χ0n) is 14.5. The van der Waals surface area contributed by atoms with Gasteiger partial charge in [0.05, 0.1) is 12.8 Å². The molecule has 0 saturated carbocycles. The van der Waals surface area contributed by atoms with Crippen LogP contribution in [0.1, 0.15) is 17.3 Å². The first kappa shape index (κ1) is 17.4. The van der Waals surface area contributed by atoms with Gasteiger partial charge in [0.2, 0.25) is 0 Å². The van der Waals surface area contributed by atoms with E-state index < -0.39 is 11.5 Å². The van der Waals surface area contributed by atoms with Crippen molar-refractivity contribution in [2.45, 2.75) is 13.5 Å². The third-order valence-corrected chi connectivity index (χ3v) is 4.11. The molecule has 26 heavy (non-hydrogen) atoms.